The molecule has 0 heterocycles. The molecule has 2 amide bonds. The quantitative estimate of drug-likeness (QED) is 0.433. The molecule has 1 N–H and O–H groups in total. The number of sulfonamides is 1. The van der Waals surface area contributed by atoms with E-state index >= 15 is 0 Å². The highest BCUT2D eigenvalue weighted by molar-refractivity contribution is 7.92. The van der Waals surface area contributed by atoms with Gasteiger partial charge in [-0.1, -0.05) is 68.7 Å². The van der Waals surface area contributed by atoms with Crippen molar-refractivity contribution in [2.45, 2.75) is 76.9 Å². The van der Waals surface area contributed by atoms with Crippen molar-refractivity contribution >= 4 is 27.5 Å². The van der Waals surface area contributed by atoms with Crippen LogP contribution in [-0.4, -0.2) is 50.0 Å². The maximum Gasteiger partial charge on any atom is 0.243 e. The van der Waals surface area contributed by atoms with Gasteiger partial charge in [-0.05, 0) is 43.4 Å². The maximum absolute atomic E-state index is 14.3. The molecule has 2 aromatic carbocycles. The predicted octanol–water partition coefficient (Wildman–Crippen LogP) is 4.63. The lowest BCUT2D eigenvalue weighted by atomic mass is 9.95. The molecule has 0 saturated heterocycles. The van der Waals surface area contributed by atoms with Gasteiger partial charge in [0, 0.05) is 25.6 Å². The first-order valence-corrected chi connectivity index (χ1v) is 14.9. The molecule has 1 saturated carbocycles. The average molecular weight is 532 g/mol. The molecular weight excluding hydrogens is 493 g/mol. The van der Waals surface area contributed by atoms with Gasteiger partial charge in [0.25, 0.3) is 0 Å². The number of nitrogens with zero attached hydrogens (tertiary/aromatic N) is 2. The van der Waals surface area contributed by atoms with Gasteiger partial charge in [-0.15, -0.1) is 0 Å². The first kappa shape index (κ1) is 28.6. The highest BCUT2D eigenvalue weighted by Crippen LogP contribution is 2.23. The van der Waals surface area contributed by atoms with E-state index in [2.05, 4.69) is 5.32 Å². The summed E-state index contributed by atoms with van der Waals surface area (Å²) in [5.74, 6) is -1.03. The molecule has 0 aliphatic heterocycles. The average Bonchev–Trinajstić information content (AvgIpc) is 2.87. The number of anilines is 1. The fraction of sp³-hybridized carbons (Fsp3) is 0.500. The van der Waals surface area contributed by atoms with Gasteiger partial charge in [0.1, 0.15) is 11.9 Å². The lowest BCUT2D eigenvalue weighted by molar-refractivity contribution is -0.141. The van der Waals surface area contributed by atoms with Crippen LogP contribution in [-0.2, 0) is 26.2 Å². The van der Waals surface area contributed by atoms with Gasteiger partial charge in [-0.3, -0.25) is 13.9 Å². The number of hydrogen-bond acceptors (Lipinski definition) is 4. The van der Waals surface area contributed by atoms with E-state index in [0.29, 0.717) is 6.42 Å². The number of halogens is 1. The Balaban J connectivity index is 1.74. The molecule has 1 fully saturated rings. The van der Waals surface area contributed by atoms with Gasteiger partial charge < -0.3 is 10.2 Å². The number of carbonyl (C=O) groups excluding carboxylic acids is 2. The molecule has 0 spiro atoms. The molecule has 0 unspecified atom stereocenters. The summed E-state index contributed by atoms with van der Waals surface area (Å²) in [7, 11) is -3.75. The first-order chi connectivity index (χ1) is 17.7. The van der Waals surface area contributed by atoms with Crippen LogP contribution in [0.5, 0.6) is 0 Å². The molecule has 7 nitrogen and oxygen atoms in total. The Morgan fingerprint density at radius 1 is 1.03 bits per heavy atom. The minimum atomic E-state index is -3.75. The molecule has 202 valence electrons. The third kappa shape index (κ3) is 8.28. The topological polar surface area (TPSA) is 86.8 Å². The molecule has 2 aromatic rings. The second kappa shape index (κ2) is 13.6. The summed E-state index contributed by atoms with van der Waals surface area (Å²) in [5, 5.41) is 3.15. The summed E-state index contributed by atoms with van der Waals surface area (Å²) in [6.45, 7) is 2.12. The molecule has 1 atom stereocenters. The Morgan fingerprint density at radius 3 is 2.30 bits per heavy atom. The van der Waals surface area contributed by atoms with Crippen LogP contribution in [0.15, 0.2) is 54.6 Å². The second-order valence-electron chi connectivity index (χ2n) is 9.66. The SMILES string of the molecule is CC[C@H](C(=O)NC1CCCCC1)N(Cc1ccccc1)C(=O)CCCN(c1ccccc1F)S(C)(=O)=O. The Morgan fingerprint density at radius 2 is 1.68 bits per heavy atom. The maximum atomic E-state index is 14.3. The molecule has 9 heteroatoms. The first-order valence-electron chi connectivity index (χ1n) is 13.1. The van der Waals surface area contributed by atoms with Crippen molar-refractivity contribution in [2.24, 2.45) is 0 Å². The van der Waals surface area contributed by atoms with Crippen molar-refractivity contribution < 1.29 is 22.4 Å². The van der Waals surface area contributed by atoms with Crippen LogP contribution in [0, 0.1) is 5.82 Å². The Labute approximate surface area is 220 Å². The van der Waals surface area contributed by atoms with Crippen LogP contribution in [0.1, 0.15) is 63.9 Å². The molecule has 3 rings (SSSR count). The number of amides is 2. The number of rotatable bonds is 12. The van der Waals surface area contributed by atoms with Gasteiger partial charge in [0.15, 0.2) is 0 Å². The number of carbonyl (C=O) groups is 2. The molecule has 1 aliphatic rings. The van der Waals surface area contributed by atoms with Crippen LogP contribution in [0.25, 0.3) is 0 Å². The van der Waals surface area contributed by atoms with Crippen LogP contribution in [0.4, 0.5) is 10.1 Å². The zero-order chi connectivity index (χ0) is 26.8. The van der Waals surface area contributed by atoms with E-state index in [1.807, 2.05) is 37.3 Å². The van der Waals surface area contributed by atoms with Crippen molar-refractivity contribution in [2.75, 3.05) is 17.1 Å². The van der Waals surface area contributed by atoms with Crippen molar-refractivity contribution in [3.63, 3.8) is 0 Å². The summed E-state index contributed by atoms with van der Waals surface area (Å²) < 4.78 is 40.1. The third-order valence-electron chi connectivity index (χ3n) is 6.81. The number of benzene rings is 2. The zero-order valence-corrected chi connectivity index (χ0v) is 22.6. The van der Waals surface area contributed by atoms with E-state index in [-0.39, 0.29) is 49.5 Å². The molecular formula is C28H38FN3O4S. The smallest absolute Gasteiger partial charge is 0.243 e. The molecule has 1 aliphatic carbocycles. The summed E-state index contributed by atoms with van der Waals surface area (Å²) in [6, 6.07) is 14.7. The Hall–Kier alpha value is -2.94. The highest BCUT2D eigenvalue weighted by atomic mass is 32.2. The minimum Gasteiger partial charge on any atom is -0.352 e. The molecule has 37 heavy (non-hydrogen) atoms. The minimum absolute atomic E-state index is 0.0283. The van der Waals surface area contributed by atoms with Gasteiger partial charge in [-0.2, -0.15) is 0 Å². The normalized spacial score (nSPS) is 15.1. The molecule has 0 aromatic heterocycles. The van der Waals surface area contributed by atoms with E-state index in [1.54, 1.807) is 11.0 Å². The summed E-state index contributed by atoms with van der Waals surface area (Å²) in [6.07, 6.45) is 6.96. The van der Waals surface area contributed by atoms with Crippen LogP contribution >= 0.6 is 0 Å². The van der Waals surface area contributed by atoms with E-state index < -0.39 is 21.9 Å². The van der Waals surface area contributed by atoms with E-state index in [0.717, 1.165) is 41.8 Å². The van der Waals surface area contributed by atoms with Gasteiger partial charge in [0.05, 0.1) is 11.9 Å². The van der Waals surface area contributed by atoms with Crippen molar-refractivity contribution in [1.29, 1.82) is 0 Å². The van der Waals surface area contributed by atoms with Crippen LogP contribution in [0.3, 0.4) is 0 Å². The van der Waals surface area contributed by atoms with Crippen LogP contribution in [0.2, 0.25) is 0 Å². The summed E-state index contributed by atoms with van der Waals surface area (Å²) in [4.78, 5) is 28.4. The fourth-order valence-electron chi connectivity index (χ4n) is 4.88. The zero-order valence-electron chi connectivity index (χ0n) is 21.7. The van der Waals surface area contributed by atoms with E-state index in [9.17, 15) is 22.4 Å². The lowest BCUT2D eigenvalue weighted by Crippen LogP contribution is -2.51. The Kier molecular flexibility index (Phi) is 10.5. The second-order valence-corrected chi connectivity index (χ2v) is 11.6. The predicted molar refractivity (Wildman–Crippen MR) is 144 cm³/mol. The van der Waals surface area contributed by atoms with Crippen molar-refractivity contribution in [3.8, 4) is 0 Å². The van der Waals surface area contributed by atoms with Gasteiger partial charge in [0.2, 0.25) is 21.8 Å². The van der Waals surface area contributed by atoms with Crippen LogP contribution < -0.4 is 9.62 Å². The molecule has 0 radical (unpaired) electrons. The van der Waals surface area contributed by atoms with Gasteiger partial charge >= 0.3 is 0 Å². The van der Waals surface area contributed by atoms with Crippen molar-refractivity contribution in [3.05, 3.63) is 66.0 Å². The van der Waals surface area contributed by atoms with Crippen molar-refractivity contribution in [1.82, 2.24) is 10.2 Å². The monoisotopic (exact) mass is 531 g/mol. The Bertz CT molecular complexity index is 1140. The summed E-state index contributed by atoms with van der Waals surface area (Å²) >= 11 is 0. The number of hydrogen-bond donors (Lipinski definition) is 1. The van der Waals surface area contributed by atoms with Gasteiger partial charge in [-0.25, -0.2) is 12.8 Å². The van der Waals surface area contributed by atoms with E-state index in [1.165, 1.54) is 24.6 Å². The lowest BCUT2D eigenvalue weighted by Gasteiger charge is -2.33. The standard InChI is InChI=1S/C28H38FN3O4S/c1-3-25(28(34)30-23-15-8-5-9-16-23)31(21-22-13-6-4-7-14-22)27(33)19-12-20-32(37(2,35)36)26-18-11-10-17-24(26)29/h4,6-7,10-11,13-14,17-18,23,25H,3,5,8-9,12,15-16,19-21H2,1-2H3,(H,30,34)/t25-/m1/s1. The van der Waals surface area contributed by atoms with E-state index in [4.69, 9.17) is 0 Å². The third-order valence-corrected chi connectivity index (χ3v) is 7.99. The number of nitrogens with one attached hydrogen (secondary N) is 1. The largest absolute Gasteiger partial charge is 0.352 e. The highest BCUT2D eigenvalue weighted by Gasteiger charge is 2.30. The number of para-hydroxylation sites is 1. The molecule has 0 bridgehead atoms. The fourth-order valence-corrected chi connectivity index (χ4v) is 5.85. The summed E-state index contributed by atoms with van der Waals surface area (Å²) in [5.41, 5.74) is 0.862.